The van der Waals surface area contributed by atoms with Gasteiger partial charge in [-0.1, -0.05) is 18.2 Å². The third kappa shape index (κ3) is 1.84. The number of nitrogens with zero attached hydrogens (tertiary/aromatic N) is 2. The molecule has 0 amide bonds. The van der Waals surface area contributed by atoms with Crippen LogP contribution in [-0.4, -0.2) is 15.3 Å². The number of benzene rings is 1. The molecule has 1 heterocycles. The fraction of sp³-hybridized carbons (Fsp3) is 0. The average Bonchev–Trinajstić information content (AvgIpc) is 2.50. The Bertz CT molecular complexity index is 546. The van der Waals surface area contributed by atoms with E-state index in [0.29, 0.717) is 5.69 Å². The highest BCUT2D eigenvalue weighted by atomic mass is 32.1. The van der Waals surface area contributed by atoms with Crippen LogP contribution in [-0.2, 0) is 0 Å². The molecule has 1 aromatic heterocycles. The predicted octanol–water partition coefficient (Wildman–Crippen LogP) is 2.82. The molecule has 0 atom stereocenters. The molecule has 0 aliphatic heterocycles. The maximum Gasteiger partial charge on any atom is 0.218 e. The predicted molar refractivity (Wildman–Crippen MR) is 61.2 cm³/mol. The van der Waals surface area contributed by atoms with E-state index in [1.807, 2.05) is 24.3 Å². The molecule has 0 bridgehead atoms. The number of fused-ring (bicyclic) bond motifs is 1. The topological polar surface area (TPSA) is 84.6 Å². The van der Waals surface area contributed by atoms with Crippen LogP contribution in [0.2, 0.25) is 0 Å². The Labute approximate surface area is 90.8 Å². The van der Waals surface area contributed by atoms with E-state index in [2.05, 4.69) is 27.8 Å². The van der Waals surface area contributed by atoms with Crippen LogP contribution in [0.15, 0.2) is 34.5 Å². The molecule has 0 fully saturated rings. The maximum absolute atomic E-state index is 9.54. The second-order valence-electron chi connectivity index (χ2n) is 2.89. The summed E-state index contributed by atoms with van der Waals surface area (Å²) in [6, 6.07) is 7.31. The highest BCUT2D eigenvalue weighted by Gasteiger charge is 2.08. The van der Waals surface area contributed by atoms with E-state index in [9.17, 15) is 5.11 Å². The van der Waals surface area contributed by atoms with Crippen molar-refractivity contribution in [1.82, 2.24) is 4.98 Å². The van der Waals surface area contributed by atoms with Crippen LogP contribution in [0.3, 0.4) is 0 Å². The number of rotatable bonds is 1. The van der Waals surface area contributed by atoms with Gasteiger partial charge in [-0.25, -0.2) is 0 Å². The summed E-state index contributed by atoms with van der Waals surface area (Å²) in [5.41, 5.74) is 1.10. The van der Waals surface area contributed by atoms with Crippen molar-refractivity contribution in [3.05, 3.63) is 24.3 Å². The number of hydrogen-bond donors (Lipinski definition) is 4. The van der Waals surface area contributed by atoms with Crippen LogP contribution in [0, 0.1) is 5.41 Å². The van der Waals surface area contributed by atoms with Gasteiger partial charge >= 0.3 is 0 Å². The number of aromatic amines is 1. The number of hydrogen-bond acceptors (Lipinski definition) is 3. The first-order chi connectivity index (χ1) is 7.18. The second-order valence-corrected chi connectivity index (χ2v) is 3.32. The minimum Gasteiger partial charge on any atom is -0.493 e. The molecule has 0 saturated heterocycles. The van der Waals surface area contributed by atoms with Crippen LogP contribution in [0.25, 0.3) is 10.9 Å². The quantitative estimate of drug-likeness (QED) is 0.253. The second kappa shape index (κ2) is 3.74. The molecule has 0 aliphatic carbocycles. The molecule has 3 N–H and O–H groups in total. The molecule has 2 rings (SSSR count). The third-order valence-corrected chi connectivity index (χ3v) is 1.99. The summed E-state index contributed by atoms with van der Waals surface area (Å²) >= 11 is 3.67. The molecule has 0 aliphatic rings. The lowest BCUT2D eigenvalue weighted by molar-refractivity contribution is 0.459. The first-order valence-electron chi connectivity index (χ1n) is 4.17. The number of aromatic hydroxyl groups is 1. The molecule has 0 unspecified atom stereocenters. The zero-order chi connectivity index (χ0) is 10.8. The molecule has 15 heavy (non-hydrogen) atoms. The van der Waals surface area contributed by atoms with Gasteiger partial charge in [0.1, 0.15) is 0 Å². The van der Waals surface area contributed by atoms with Crippen molar-refractivity contribution in [3.63, 3.8) is 0 Å². The number of aromatic nitrogens is 1. The van der Waals surface area contributed by atoms with Gasteiger partial charge in [-0.3, -0.25) is 5.41 Å². The van der Waals surface area contributed by atoms with Crippen molar-refractivity contribution >= 4 is 34.4 Å². The highest BCUT2D eigenvalue weighted by molar-refractivity contribution is 7.96. The zero-order valence-corrected chi connectivity index (χ0v) is 8.49. The third-order valence-electron chi connectivity index (χ3n) is 1.90. The Kier molecular flexibility index (Phi) is 2.42. The Morgan fingerprint density at radius 2 is 2.13 bits per heavy atom. The minimum absolute atomic E-state index is 0.0606. The van der Waals surface area contributed by atoms with Gasteiger partial charge in [-0.15, -0.1) is 22.9 Å². The van der Waals surface area contributed by atoms with E-state index in [-0.39, 0.29) is 11.0 Å². The van der Waals surface area contributed by atoms with Crippen molar-refractivity contribution < 1.29 is 5.11 Å². The normalized spacial score (nSPS) is 11.3. The summed E-state index contributed by atoms with van der Waals surface area (Å²) < 4.78 is 0. The molecule has 2 aromatic rings. The summed E-state index contributed by atoms with van der Waals surface area (Å²) in [7, 11) is 0. The Morgan fingerprint density at radius 3 is 2.87 bits per heavy atom. The fourth-order valence-electron chi connectivity index (χ4n) is 1.31. The first-order valence-corrected chi connectivity index (χ1v) is 4.62. The fourth-order valence-corrected chi connectivity index (χ4v) is 1.36. The summed E-state index contributed by atoms with van der Waals surface area (Å²) in [4.78, 5) is 2.76. The average molecular weight is 220 g/mol. The van der Waals surface area contributed by atoms with Gasteiger partial charge in [0.15, 0.2) is 10.9 Å². The number of amidine groups is 1. The molecular weight excluding hydrogens is 212 g/mol. The van der Waals surface area contributed by atoms with E-state index >= 15 is 0 Å². The first kappa shape index (κ1) is 9.72. The highest BCUT2D eigenvalue weighted by Crippen LogP contribution is 2.35. The Hall–Kier alpha value is -1.82. The van der Waals surface area contributed by atoms with E-state index in [4.69, 9.17) is 5.41 Å². The van der Waals surface area contributed by atoms with Crippen molar-refractivity contribution in [2.75, 3.05) is 0 Å². The van der Waals surface area contributed by atoms with Gasteiger partial charge < -0.3 is 10.1 Å². The Balaban J connectivity index is 2.59. The van der Waals surface area contributed by atoms with E-state index in [1.54, 1.807) is 0 Å². The molecule has 76 valence electrons. The van der Waals surface area contributed by atoms with Gasteiger partial charge in [0.05, 0.1) is 5.52 Å². The molecule has 0 radical (unpaired) electrons. The monoisotopic (exact) mass is 220 g/mol. The SMILES string of the molecule is N=C(S)/N=N/c1c(O)[nH]c2ccccc12. The van der Waals surface area contributed by atoms with Crippen LogP contribution in [0.4, 0.5) is 5.69 Å². The van der Waals surface area contributed by atoms with Crippen LogP contribution in [0.5, 0.6) is 5.88 Å². The van der Waals surface area contributed by atoms with E-state index in [0.717, 1.165) is 10.9 Å². The van der Waals surface area contributed by atoms with E-state index in [1.165, 1.54) is 0 Å². The van der Waals surface area contributed by atoms with E-state index < -0.39 is 0 Å². The molecule has 0 saturated carbocycles. The van der Waals surface area contributed by atoms with Gasteiger partial charge in [-0.2, -0.15) is 0 Å². The van der Waals surface area contributed by atoms with Gasteiger partial charge in [0.2, 0.25) is 5.88 Å². The van der Waals surface area contributed by atoms with Crippen molar-refractivity contribution in [1.29, 1.82) is 5.41 Å². The maximum atomic E-state index is 9.54. The van der Waals surface area contributed by atoms with Crippen LogP contribution < -0.4 is 0 Å². The summed E-state index contributed by atoms with van der Waals surface area (Å²) in [6.07, 6.45) is 0. The molecular formula is C9H8N4OS. The van der Waals surface area contributed by atoms with Gasteiger partial charge in [0.25, 0.3) is 0 Å². The lowest BCUT2D eigenvalue weighted by atomic mass is 10.2. The molecule has 1 aromatic carbocycles. The number of para-hydroxylation sites is 1. The standard InChI is InChI=1S/C9H8N4OS/c10-9(15)13-12-7-5-3-1-2-4-6(5)11-8(7)14/h1-4,11,14H,(H2,10,15)/b13-12+. The van der Waals surface area contributed by atoms with Crippen molar-refractivity contribution in [3.8, 4) is 5.88 Å². The summed E-state index contributed by atoms with van der Waals surface area (Å²) in [6.45, 7) is 0. The van der Waals surface area contributed by atoms with Gasteiger partial charge in [-0.05, 0) is 6.07 Å². The smallest absolute Gasteiger partial charge is 0.218 e. The summed E-state index contributed by atoms with van der Waals surface area (Å²) in [5.74, 6) is -0.0606. The molecule has 0 spiro atoms. The number of nitrogens with one attached hydrogen (secondary N) is 2. The van der Waals surface area contributed by atoms with Crippen molar-refractivity contribution in [2.24, 2.45) is 10.2 Å². The summed E-state index contributed by atoms with van der Waals surface area (Å²) in [5, 5.41) is 24.3. The van der Waals surface area contributed by atoms with Crippen LogP contribution in [0.1, 0.15) is 0 Å². The lowest BCUT2D eigenvalue weighted by Gasteiger charge is -1.89. The zero-order valence-electron chi connectivity index (χ0n) is 7.60. The number of thiol groups is 1. The number of H-pyrrole nitrogens is 1. The lowest BCUT2D eigenvalue weighted by Crippen LogP contribution is -1.71. The Morgan fingerprint density at radius 1 is 1.40 bits per heavy atom. The van der Waals surface area contributed by atoms with Gasteiger partial charge in [0, 0.05) is 5.39 Å². The molecule has 6 heteroatoms. The molecule has 5 nitrogen and oxygen atoms in total. The minimum atomic E-state index is -0.209. The number of azo groups is 1. The van der Waals surface area contributed by atoms with Crippen molar-refractivity contribution in [2.45, 2.75) is 0 Å². The largest absolute Gasteiger partial charge is 0.493 e. The van der Waals surface area contributed by atoms with Crippen LogP contribution >= 0.6 is 12.6 Å².